The molecular weight excluding hydrogens is 174 g/mol. The van der Waals surface area contributed by atoms with Crippen molar-refractivity contribution in [1.29, 1.82) is 0 Å². The van der Waals surface area contributed by atoms with Gasteiger partial charge in [0.15, 0.2) is 0 Å². The average Bonchev–Trinajstić information content (AvgIpc) is 2.01. The van der Waals surface area contributed by atoms with E-state index in [0.29, 0.717) is 0 Å². The molecule has 0 aliphatic heterocycles. The van der Waals surface area contributed by atoms with Crippen molar-refractivity contribution < 1.29 is 5.11 Å². The van der Waals surface area contributed by atoms with E-state index in [-0.39, 0.29) is 6.61 Å². The van der Waals surface area contributed by atoms with Gasteiger partial charge in [-0.1, -0.05) is 12.1 Å². The molecule has 0 aromatic heterocycles. The lowest BCUT2D eigenvalue weighted by atomic mass is 10.0. The fraction of sp³-hybridized carbons (Fsp3) is 0.500. The molecule has 14 heavy (non-hydrogen) atoms. The van der Waals surface area contributed by atoms with Gasteiger partial charge >= 0.3 is 0 Å². The second kappa shape index (κ2) is 4.47. The highest BCUT2D eigenvalue weighted by atomic mass is 16.2. The minimum atomic E-state index is 0.222. The molecule has 1 N–H and O–H groups in total. The van der Waals surface area contributed by atoms with Crippen LogP contribution in [0.15, 0.2) is 12.1 Å². The first-order chi connectivity index (χ1) is 6.56. The highest BCUT2D eigenvalue weighted by molar-refractivity contribution is 5.59. The maximum Gasteiger partial charge on any atom is 0.0471 e. The number of nitrogens with zero attached hydrogens (tertiary/aromatic N) is 1. The van der Waals surface area contributed by atoms with E-state index in [1.807, 2.05) is 0 Å². The summed E-state index contributed by atoms with van der Waals surface area (Å²) in [6.07, 6.45) is 0.745. The maximum absolute atomic E-state index is 8.87. The van der Waals surface area contributed by atoms with Crippen molar-refractivity contribution in [3.05, 3.63) is 28.8 Å². The van der Waals surface area contributed by atoms with Gasteiger partial charge in [0.1, 0.15) is 0 Å². The Balaban J connectivity index is 3.11. The third-order valence-corrected chi connectivity index (χ3v) is 2.40. The molecule has 0 heterocycles. The number of aryl methyl sites for hydroxylation is 2. The Bertz CT molecular complexity index is 295. The Morgan fingerprint density at radius 3 is 2.00 bits per heavy atom. The summed E-state index contributed by atoms with van der Waals surface area (Å²) >= 11 is 0. The zero-order valence-corrected chi connectivity index (χ0v) is 9.46. The van der Waals surface area contributed by atoms with Crippen molar-refractivity contribution in [1.82, 2.24) is 0 Å². The molecule has 0 spiro atoms. The summed E-state index contributed by atoms with van der Waals surface area (Å²) in [5.74, 6) is 0. The van der Waals surface area contributed by atoms with E-state index >= 15 is 0 Å². The van der Waals surface area contributed by atoms with Gasteiger partial charge in [0, 0.05) is 26.4 Å². The summed E-state index contributed by atoms with van der Waals surface area (Å²) in [5.41, 5.74) is 5.05. The van der Waals surface area contributed by atoms with Crippen molar-refractivity contribution in [3.8, 4) is 0 Å². The fourth-order valence-corrected chi connectivity index (χ4v) is 2.02. The zero-order chi connectivity index (χ0) is 10.7. The van der Waals surface area contributed by atoms with E-state index in [9.17, 15) is 0 Å². The van der Waals surface area contributed by atoms with Gasteiger partial charge in [0.05, 0.1) is 0 Å². The standard InChI is InChI=1S/C12H19NO/c1-9-7-11(5-6-14)8-10(2)12(9)13(3)4/h7-8,14H,5-6H2,1-4H3. The molecule has 0 atom stereocenters. The molecule has 0 aliphatic rings. The van der Waals surface area contributed by atoms with Crippen molar-refractivity contribution in [2.75, 3.05) is 25.6 Å². The lowest BCUT2D eigenvalue weighted by Crippen LogP contribution is -2.12. The molecule has 0 saturated heterocycles. The Labute approximate surface area is 86.2 Å². The van der Waals surface area contributed by atoms with E-state index in [1.54, 1.807) is 0 Å². The van der Waals surface area contributed by atoms with Crippen LogP contribution in [0.4, 0.5) is 5.69 Å². The van der Waals surface area contributed by atoms with Crippen LogP contribution < -0.4 is 4.90 Å². The van der Waals surface area contributed by atoms with E-state index in [0.717, 1.165) is 6.42 Å². The number of benzene rings is 1. The predicted molar refractivity (Wildman–Crippen MR) is 61.0 cm³/mol. The topological polar surface area (TPSA) is 23.5 Å². The van der Waals surface area contributed by atoms with Gasteiger partial charge in [-0.3, -0.25) is 0 Å². The monoisotopic (exact) mass is 193 g/mol. The SMILES string of the molecule is Cc1cc(CCO)cc(C)c1N(C)C. The van der Waals surface area contributed by atoms with Crippen molar-refractivity contribution in [2.45, 2.75) is 20.3 Å². The van der Waals surface area contributed by atoms with Crippen LogP contribution in [0, 0.1) is 13.8 Å². The van der Waals surface area contributed by atoms with Crippen LogP contribution in [0.3, 0.4) is 0 Å². The molecule has 1 aromatic rings. The molecule has 0 saturated carbocycles. The highest BCUT2D eigenvalue weighted by Gasteiger charge is 2.06. The second-order valence-electron chi connectivity index (χ2n) is 3.95. The lowest BCUT2D eigenvalue weighted by molar-refractivity contribution is 0.299. The molecule has 2 heteroatoms. The smallest absolute Gasteiger partial charge is 0.0471 e. The molecule has 78 valence electrons. The first-order valence-electron chi connectivity index (χ1n) is 4.94. The number of hydrogen-bond acceptors (Lipinski definition) is 2. The molecule has 2 nitrogen and oxygen atoms in total. The van der Waals surface area contributed by atoms with Crippen LogP contribution in [-0.4, -0.2) is 25.8 Å². The Kier molecular flexibility index (Phi) is 3.53. The number of rotatable bonds is 3. The quantitative estimate of drug-likeness (QED) is 0.792. The summed E-state index contributed by atoms with van der Waals surface area (Å²) in [6.45, 7) is 4.45. The third-order valence-electron chi connectivity index (χ3n) is 2.40. The average molecular weight is 193 g/mol. The molecule has 0 amide bonds. The molecule has 0 aliphatic carbocycles. The highest BCUT2D eigenvalue weighted by Crippen LogP contribution is 2.24. The van der Waals surface area contributed by atoms with Crippen LogP contribution in [0.2, 0.25) is 0 Å². The first kappa shape index (κ1) is 11.1. The normalized spacial score (nSPS) is 10.4. The van der Waals surface area contributed by atoms with Crippen LogP contribution in [0.5, 0.6) is 0 Å². The third kappa shape index (κ3) is 2.26. The van der Waals surface area contributed by atoms with Gasteiger partial charge < -0.3 is 10.0 Å². The van der Waals surface area contributed by atoms with Gasteiger partial charge in [0.2, 0.25) is 0 Å². The second-order valence-corrected chi connectivity index (χ2v) is 3.95. The molecule has 1 aromatic carbocycles. The van der Waals surface area contributed by atoms with Crippen LogP contribution in [0.25, 0.3) is 0 Å². The Hall–Kier alpha value is -1.02. The van der Waals surface area contributed by atoms with Crippen molar-refractivity contribution in [2.24, 2.45) is 0 Å². The van der Waals surface area contributed by atoms with Crippen LogP contribution in [-0.2, 0) is 6.42 Å². The number of hydrogen-bond donors (Lipinski definition) is 1. The molecule has 0 unspecified atom stereocenters. The van der Waals surface area contributed by atoms with Gasteiger partial charge in [-0.15, -0.1) is 0 Å². The van der Waals surface area contributed by atoms with Gasteiger partial charge in [-0.05, 0) is 37.0 Å². The van der Waals surface area contributed by atoms with Crippen molar-refractivity contribution in [3.63, 3.8) is 0 Å². The minimum absolute atomic E-state index is 0.222. The Morgan fingerprint density at radius 1 is 1.14 bits per heavy atom. The fourth-order valence-electron chi connectivity index (χ4n) is 2.02. The number of aliphatic hydroxyl groups excluding tert-OH is 1. The molecule has 1 rings (SSSR count). The van der Waals surface area contributed by atoms with E-state index < -0.39 is 0 Å². The maximum atomic E-state index is 8.87. The van der Waals surface area contributed by atoms with Gasteiger partial charge in [-0.25, -0.2) is 0 Å². The summed E-state index contributed by atoms with van der Waals surface area (Å²) < 4.78 is 0. The van der Waals surface area contributed by atoms with E-state index in [1.165, 1.54) is 22.4 Å². The minimum Gasteiger partial charge on any atom is -0.396 e. The summed E-state index contributed by atoms with van der Waals surface area (Å²) in [5, 5.41) is 8.87. The summed E-state index contributed by atoms with van der Waals surface area (Å²) in [6, 6.07) is 4.30. The van der Waals surface area contributed by atoms with Crippen LogP contribution in [0.1, 0.15) is 16.7 Å². The number of anilines is 1. The largest absolute Gasteiger partial charge is 0.396 e. The summed E-state index contributed by atoms with van der Waals surface area (Å²) in [7, 11) is 4.11. The lowest BCUT2D eigenvalue weighted by Gasteiger charge is -2.19. The van der Waals surface area contributed by atoms with E-state index in [2.05, 4.69) is 45.0 Å². The Morgan fingerprint density at radius 2 is 1.64 bits per heavy atom. The number of aliphatic hydroxyl groups is 1. The predicted octanol–water partition coefficient (Wildman–Crippen LogP) is 1.90. The molecule has 0 radical (unpaired) electrons. The van der Waals surface area contributed by atoms with Crippen LogP contribution >= 0.6 is 0 Å². The van der Waals surface area contributed by atoms with Gasteiger partial charge in [0.25, 0.3) is 0 Å². The molecule has 0 bridgehead atoms. The summed E-state index contributed by atoms with van der Waals surface area (Å²) in [4.78, 5) is 2.13. The van der Waals surface area contributed by atoms with E-state index in [4.69, 9.17) is 5.11 Å². The molecule has 0 fully saturated rings. The molecular formula is C12H19NO. The zero-order valence-electron chi connectivity index (χ0n) is 9.46. The van der Waals surface area contributed by atoms with Gasteiger partial charge in [-0.2, -0.15) is 0 Å². The van der Waals surface area contributed by atoms with Crippen molar-refractivity contribution >= 4 is 5.69 Å². The first-order valence-corrected chi connectivity index (χ1v) is 4.94.